The number of anilines is 1. The number of nitro benzene ring substituents is 1. The molecule has 0 saturated heterocycles. The minimum Gasteiger partial charge on any atom is -0.406 e. The number of nitrogens with zero attached hydrogens (tertiary/aromatic N) is 2. The monoisotopic (exact) mass is 351 g/mol. The van der Waals surface area contributed by atoms with Gasteiger partial charge < -0.3 is 10.1 Å². The number of nitrogens with one attached hydrogen (secondary N) is 1. The van der Waals surface area contributed by atoms with E-state index in [0.717, 1.165) is 0 Å². The average Bonchev–Trinajstić information content (AvgIpc) is 2.53. The Balaban J connectivity index is 2.13. The number of rotatable bonds is 5. The molecule has 1 atom stereocenters. The first-order valence-corrected chi connectivity index (χ1v) is 7.00. The van der Waals surface area contributed by atoms with Crippen LogP contribution in [0.4, 0.5) is 24.5 Å². The average molecular weight is 351 g/mol. The molecular weight excluding hydrogens is 339 g/mol. The third-order valence-electron chi connectivity index (χ3n) is 3.31. The molecule has 0 saturated carbocycles. The summed E-state index contributed by atoms with van der Waals surface area (Å²) in [5.74, 6) is -0.328. The van der Waals surface area contributed by atoms with Crippen molar-refractivity contribution in [2.45, 2.75) is 19.3 Å². The molecule has 0 amide bonds. The van der Waals surface area contributed by atoms with E-state index >= 15 is 0 Å². The van der Waals surface area contributed by atoms with Gasteiger partial charge in [0, 0.05) is 17.8 Å². The van der Waals surface area contributed by atoms with E-state index in [1.165, 1.54) is 42.5 Å². The van der Waals surface area contributed by atoms with Crippen LogP contribution in [0.2, 0.25) is 0 Å². The Bertz CT molecular complexity index is 814. The Labute approximate surface area is 140 Å². The summed E-state index contributed by atoms with van der Waals surface area (Å²) in [6.07, 6.45) is -4.75. The summed E-state index contributed by atoms with van der Waals surface area (Å²) >= 11 is 0. The fraction of sp³-hybridized carbons (Fsp3) is 0.188. The molecule has 2 aromatic rings. The van der Waals surface area contributed by atoms with Crippen LogP contribution in [-0.2, 0) is 0 Å². The van der Waals surface area contributed by atoms with Gasteiger partial charge in [0.25, 0.3) is 5.69 Å². The lowest BCUT2D eigenvalue weighted by Gasteiger charge is -2.16. The molecule has 0 unspecified atom stereocenters. The topological polar surface area (TPSA) is 88.2 Å². The number of alkyl halides is 3. The summed E-state index contributed by atoms with van der Waals surface area (Å²) in [6.45, 7) is 1.76. The van der Waals surface area contributed by atoms with Crippen molar-refractivity contribution in [2.24, 2.45) is 0 Å². The van der Waals surface area contributed by atoms with Gasteiger partial charge >= 0.3 is 6.36 Å². The van der Waals surface area contributed by atoms with Gasteiger partial charge in [-0.25, -0.2) is 0 Å². The standard InChI is InChI=1S/C16H12F3N3O3/c1-10(11-2-5-14(6-3-11)25-16(17,18)19)21-13-4-7-15(22(23)24)12(8-13)9-20/h2-8,10,21H,1H3/t10-/m0/s1. The van der Waals surface area contributed by atoms with E-state index in [2.05, 4.69) is 10.1 Å². The number of nitriles is 1. The fourth-order valence-electron chi connectivity index (χ4n) is 2.17. The Morgan fingerprint density at radius 3 is 2.40 bits per heavy atom. The van der Waals surface area contributed by atoms with Gasteiger partial charge in [0.15, 0.2) is 0 Å². The summed E-state index contributed by atoms with van der Waals surface area (Å²) in [4.78, 5) is 10.2. The highest BCUT2D eigenvalue weighted by Gasteiger charge is 2.31. The van der Waals surface area contributed by atoms with E-state index < -0.39 is 11.3 Å². The van der Waals surface area contributed by atoms with Gasteiger partial charge in [0.05, 0.1) is 4.92 Å². The Hall–Kier alpha value is -3.28. The number of hydrogen-bond donors (Lipinski definition) is 1. The van der Waals surface area contributed by atoms with E-state index in [1.54, 1.807) is 13.0 Å². The van der Waals surface area contributed by atoms with Crippen LogP contribution in [0, 0.1) is 21.4 Å². The second-order valence-electron chi connectivity index (χ2n) is 5.08. The van der Waals surface area contributed by atoms with Crippen molar-refractivity contribution in [3.8, 4) is 11.8 Å². The normalized spacial score (nSPS) is 12.1. The van der Waals surface area contributed by atoms with E-state index in [1.807, 2.05) is 0 Å². The zero-order valence-electron chi connectivity index (χ0n) is 12.9. The number of nitro groups is 1. The Morgan fingerprint density at radius 1 is 1.24 bits per heavy atom. The largest absolute Gasteiger partial charge is 0.573 e. The first-order chi connectivity index (χ1) is 11.7. The molecule has 9 heteroatoms. The van der Waals surface area contributed by atoms with Gasteiger partial charge in [-0.05, 0) is 36.8 Å². The minimum absolute atomic E-state index is 0.0869. The molecule has 0 aliphatic heterocycles. The molecule has 25 heavy (non-hydrogen) atoms. The van der Waals surface area contributed by atoms with Gasteiger partial charge in [-0.3, -0.25) is 10.1 Å². The molecule has 6 nitrogen and oxygen atoms in total. The van der Waals surface area contributed by atoms with Gasteiger partial charge in [0.2, 0.25) is 0 Å². The lowest BCUT2D eigenvalue weighted by Crippen LogP contribution is -2.17. The third-order valence-corrected chi connectivity index (χ3v) is 3.31. The highest BCUT2D eigenvalue weighted by Crippen LogP contribution is 2.27. The van der Waals surface area contributed by atoms with E-state index in [-0.39, 0.29) is 23.0 Å². The molecule has 2 aromatic carbocycles. The molecule has 0 spiro atoms. The summed E-state index contributed by atoms with van der Waals surface area (Å²) < 4.78 is 40.2. The van der Waals surface area contributed by atoms with Gasteiger partial charge in [-0.15, -0.1) is 13.2 Å². The Kier molecular flexibility index (Phi) is 5.12. The molecule has 0 aliphatic rings. The van der Waals surface area contributed by atoms with Crippen molar-refractivity contribution in [3.05, 3.63) is 63.7 Å². The smallest absolute Gasteiger partial charge is 0.406 e. The van der Waals surface area contributed by atoms with E-state index in [4.69, 9.17) is 5.26 Å². The number of benzene rings is 2. The highest BCUT2D eigenvalue weighted by molar-refractivity contribution is 5.59. The molecule has 130 valence electrons. The SMILES string of the molecule is C[C@H](Nc1ccc([N+](=O)[O-])c(C#N)c1)c1ccc(OC(F)(F)F)cc1. The summed E-state index contributed by atoms with van der Waals surface area (Å²) in [6, 6.07) is 10.8. The predicted octanol–water partition coefficient (Wildman–Crippen LogP) is 4.54. The highest BCUT2D eigenvalue weighted by atomic mass is 19.4. The zero-order valence-corrected chi connectivity index (χ0v) is 12.9. The predicted molar refractivity (Wildman–Crippen MR) is 83.0 cm³/mol. The number of halogens is 3. The molecule has 0 aliphatic carbocycles. The fourth-order valence-corrected chi connectivity index (χ4v) is 2.17. The Morgan fingerprint density at radius 2 is 1.88 bits per heavy atom. The van der Waals surface area contributed by atoms with Crippen molar-refractivity contribution in [1.82, 2.24) is 0 Å². The van der Waals surface area contributed by atoms with Gasteiger partial charge in [-0.1, -0.05) is 12.1 Å². The van der Waals surface area contributed by atoms with Crippen molar-refractivity contribution in [2.75, 3.05) is 5.32 Å². The third kappa shape index (κ3) is 4.84. The van der Waals surface area contributed by atoms with Crippen LogP contribution in [0.1, 0.15) is 24.1 Å². The van der Waals surface area contributed by atoms with E-state index in [0.29, 0.717) is 11.3 Å². The van der Waals surface area contributed by atoms with Crippen LogP contribution in [0.3, 0.4) is 0 Å². The van der Waals surface area contributed by atoms with E-state index in [9.17, 15) is 23.3 Å². The summed E-state index contributed by atoms with van der Waals surface area (Å²) in [7, 11) is 0. The second-order valence-corrected chi connectivity index (χ2v) is 5.08. The van der Waals surface area contributed by atoms with Crippen molar-refractivity contribution in [3.63, 3.8) is 0 Å². The maximum absolute atomic E-state index is 12.1. The molecular formula is C16H12F3N3O3. The van der Waals surface area contributed by atoms with Crippen molar-refractivity contribution >= 4 is 11.4 Å². The van der Waals surface area contributed by atoms with Gasteiger partial charge in [0.1, 0.15) is 17.4 Å². The molecule has 0 aromatic heterocycles. The van der Waals surface area contributed by atoms with Crippen molar-refractivity contribution < 1.29 is 22.8 Å². The molecule has 0 fully saturated rings. The van der Waals surface area contributed by atoms with Crippen LogP contribution in [0.25, 0.3) is 0 Å². The molecule has 0 heterocycles. The summed E-state index contributed by atoms with van der Waals surface area (Å²) in [5, 5.41) is 22.8. The molecule has 0 radical (unpaired) electrons. The lowest BCUT2D eigenvalue weighted by molar-refractivity contribution is -0.385. The van der Waals surface area contributed by atoms with Crippen LogP contribution in [0.15, 0.2) is 42.5 Å². The van der Waals surface area contributed by atoms with Crippen LogP contribution >= 0.6 is 0 Å². The number of ether oxygens (including phenoxy) is 1. The first kappa shape index (κ1) is 18.1. The van der Waals surface area contributed by atoms with Crippen LogP contribution in [0.5, 0.6) is 5.75 Å². The second kappa shape index (κ2) is 7.09. The zero-order chi connectivity index (χ0) is 18.6. The molecule has 0 bridgehead atoms. The lowest BCUT2D eigenvalue weighted by atomic mass is 10.1. The minimum atomic E-state index is -4.75. The maximum atomic E-state index is 12.1. The maximum Gasteiger partial charge on any atom is 0.573 e. The van der Waals surface area contributed by atoms with Crippen LogP contribution in [-0.4, -0.2) is 11.3 Å². The van der Waals surface area contributed by atoms with Crippen LogP contribution < -0.4 is 10.1 Å². The molecule has 1 N–H and O–H groups in total. The molecule has 2 rings (SSSR count). The first-order valence-electron chi connectivity index (χ1n) is 7.00. The quantitative estimate of drug-likeness (QED) is 0.631. The number of hydrogen-bond acceptors (Lipinski definition) is 5. The van der Waals surface area contributed by atoms with Crippen molar-refractivity contribution in [1.29, 1.82) is 5.26 Å². The summed E-state index contributed by atoms with van der Waals surface area (Å²) in [5.41, 5.74) is 0.766. The van der Waals surface area contributed by atoms with Gasteiger partial charge in [-0.2, -0.15) is 5.26 Å².